The predicted octanol–water partition coefficient (Wildman–Crippen LogP) is 2.30. The minimum Gasteiger partial charge on any atom is -0.481 e. The Bertz CT molecular complexity index is 602. The highest BCUT2D eigenvalue weighted by atomic mass is 19.1. The van der Waals surface area contributed by atoms with Crippen LogP contribution in [0.2, 0.25) is 0 Å². The van der Waals surface area contributed by atoms with E-state index in [4.69, 9.17) is 4.74 Å². The quantitative estimate of drug-likeness (QED) is 0.848. The molecular formula is C14H14FN3O2. The lowest BCUT2D eigenvalue weighted by Gasteiger charge is -2.08. The summed E-state index contributed by atoms with van der Waals surface area (Å²) in [6, 6.07) is 1.44. The van der Waals surface area contributed by atoms with Crippen molar-refractivity contribution in [2.24, 2.45) is 0 Å². The molecule has 0 fully saturated rings. The Labute approximate surface area is 115 Å². The van der Waals surface area contributed by atoms with Crippen molar-refractivity contribution in [3.8, 4) is 17.1 Å². The lowest BCUT2D eigenvalue weighted by molar-refractivity contribution is 0.176. The molecule has 5 nitrogen and oxygen atoms in total. The number of aromatic nitrogens is 3. The molecule has 0 amide bonds. The number of halogens is 1. The molecule has 2 aromatic rings. The first-order valence-electron chi connectivity index (χ1n) is 5.96. The van der Waals surface area contributed by atoms with Crippen LogP contribution < -0.4 is 4.74 Å². The fourth-order valence-electron chi connectivity index (χ4n) is 1.66. The second-order valence-electron chi connectivity index (χ2n) is 4.07. The number of rotatable bonds is 5. The standard InChI is InChI=1S/C14H14FN3O2/c1-3-4-13(19)12-8-16-11(7-17-12)9-5-14(20-2)18-6-10(9)15/h3,5-8,13,19H,1,4H2,2H3/t13-/m0/s1. The molecule has 6 heteroatoms. The van der Waals surface area contributed by atoms with E-state index in [0.29, 0.717) is 23.7 Å². The van der Waals surface area contributed by atoms with Crippen molar-refractivity contribution >= 4 is 0 Å². The van der Waals surface area contributed by atoms with E-state index in [1.807, 2.05) is 0 Å². The fourth-order valence-corrected chi connectivity index (χ4v) is 1.66. The van der Waals surface area contributed by atoms with Crippen LogP contribution in [0.15, 0.2) is 37.3 Å². The van der Waals surface area contributed by atoms with Crippen molar-refractivity contribution in [2.45, 2.75) is 12.5 Å². The molecule has 2 rings (SSSR count). The molecule has 0 unspecified atom stereocenters. The summed E-state index contributed by atoms with van der Waals surface area (Å²) in [5, 5.41) is 9.74. The number of ether oxygens (including phenoxy) is 1. The molecule has 1 atom stereocenters. The lowest BCUT2D eigenvalue weighted by Crippen LogP contribution is -2.01. The largest absolute Gasteiger partial charge is 0.481 e. The van der Waals surface area contributed by atoms with Gasteiger partial charge in [0.15, 0.2) is 5.82 Å². The Hall–Kier alpha value is -2.34. The fraction of sp³-hybridized carbons (Fsp3) is 0.214. The summed E-state index contributed by atoms with van der Waals surface area (Å²) >= 11 is 0. The van der Waals surface area contributed by atoms with Crippen molar-refractivity contribution in [1.82, 2.24) is 15.0 Å². The monoisotopic (exact) mass is 275 g/mol. The van der Waals surface area contributed by atoms with Gasteiger partial charge < -0.3 is 9.84 Å². The molecule has 2 aromatic heterocycles. The van der Waals surface area contributed by atoms with Gasteiger partial charge in [0.2, 0.25) is 5.88 Å². The maximum atomic E-state index is 13.7. The van der Waals surface area contributed by atoms with Crippen molar-refractivity contribution in [3.63, 3.8) is 0 Å². The lowest BCUT2D eigenvalue weighted by atomic mass is 10.1. The molecular weight excluding hydrogens is 261 g/mol. The van der Waals surface area contributed by atoms with Gasteiger partial charge >= 0.3 is 0 Å². The minimum atomic E-state index is -0.758. The second-order valence-corrected chi connectivity index (χ2v) is 4.07. The summed E-state index contributed by atoms with van der Waals surface area (Å²) in [4.78, 5) is 11.9. The summed E-state index contributed by atoms with van der Waals surface area (Å²) in [5.41, 5.74) is 1.00. The SMILES string of the molecule is C=CC[C@H](O)c1cnc(-c2cc(OC)ncc2F)cn1. The first kappa shape index (κ1) is 14.1. The molecule has 0 aliphatic carbocycles. The van der Waals surface area contributed by atoms with E-state index in [1.165, 1.54) is 25.6 Å². The second kappa shape index (κ2) is 6.21. The molecule has 20 heavy (non-hydrogen) atoms. The summed E-state index contributed by atoms with van der Waals surface area (Å²) in [7, 11) is 1.45. The number of pyridine rings is 1. The Morgan fingerprint density at radius 2 is 2.15 bits per heavy atom. The van der Waals surface area contributed by atoms with Gasteiger partial charge in [-0.15, -0.1) is 6.58 Å². The normalized spacial score (nSPS) is 11.9. The number of aliphatic hydroxyl groups is 1. The first-order valence-corrected chi connectivity index (χ1v) is 5.96. The zero-order chi connectivity index (χ0) is 14.5. The summed E-state index contributed by atoms with van der Waals surface area (Å²) in [5.74, 6) is -0.224. The third-order valence-corrected chi connectivity index (χ3v) is 2.72. The zero-order valence-electron chi connectivity index (χ0n) is 11.0. The molecule has 0 radical (unpaired) electrons. The van der Waals surface area contributed by atoms with Gasteiger partial charge in [0.1, 0.15) is 6.10 Å². The number of hydrogen-bond acceptors (Lipinski definition) is 5. The van der Waals surface area contributed by atoms with Gasteiger partial charge in [0, 0.05) is 11.6 Å². The number of aliphatic hydroxyl groups excluding tert-OH is 1. The molecule has 0 saturated carbocycles. The third-order valence-electron chi connectivity index (χ3n) is 2.72. The molecule has 0 aromatic carbocycles. The maximum absolute atomic E-state index is 13.7. The number of methoxy groups -OCH3 is 1. The van der Waals surface area contributed by atoms with Crippen LogP contribution in [-0.2, 0) is 0 Å². The summed E-state index contributed by atoms with van der Waals surface area (Å²) in [6.07, 6.45) is 5.09. The van der Waals surface area contributed by atoms with Gasteiger partial charge in [-0.3, -0.25) is 9.97 Å². The van der Waals surface area contributed by atoms with Crippen LogP contribution in [0.25, 0.3) is 11.3 Å². The van der Waals surface area contributed by atoms with Gasteiger partial charge in [0.25, 0.3) is 0 Å². The van der Waals surface area contributed by atoms with E-state index in [0.717, 1.165) is 6.20 Å². The molecule has 0 saturated heterocycles. The van der Waals surface area contributed by atoms with Crippen LogP contribution in [0, 0.1) is 5.82 Å². The van der Waals surface area contributed by atoms with E-state index < -0.39 is 11.9 Å². The molecule has 0 bridgehead atoms. The van der Waals surface area contributed by atoms with E-state index in [1.54, 1.807) is 6.08 Å². The van der Waals surface area contributed by atoms with Crippen LogP contribution in [0.4, 0.5) is 4.39 Å². The Morgan fingerprint density at radius 1 is 1.35 bits per heavy atom. The van der Waals surface area contributed by atoms with E-state index in [2.05, 4.69) is 21.5 Å². The van der Waals surface area contributed by atoms with Crippen molar-refractivity contribution < 1.29 is 14.2 Å². The highest BCUT2D eigenvalue weighted by Gasteiger charge is 2.12. The van der Waals surface area contributed by atoms with Gasteiger partial charge in [-0.1, -0.05) is 6.08 Å². The summed E-state index contributed by atoms with van der Waals surface area (Å²) < 4.78 is 18.7. The predicted molar refractivity (Wildman–Crippen MR) is 71.5 cm³/mol. The van der Waals surface area contributed by atoms with Gasteiger partial charge in [0.05, 0.1) is 37.1 Å². The van der Waals surface area contributed by atoms with Gasteiger partial charge in [-0.25, -0.2) is 9.37 Å². The van der Waals surface area contributed by atoms with Crippen LogP contribution in [-0.4, -0.2) is 27.2 Å². The van der Waals surface area contributed by atoms with Crippen molar-refractivity contribution in [2.75, 3.05) is 7.11 Å². The molecule has 1 N–H and O–H groups in total. The van der Waals surface area contributed by atoms with Crippen LogP contribution in [0.3, 0.4) is 0 Å². The molecule has 104 valence electrons. The minimum absolute atomic E-state index is 0.245. The Balaban J connectivity index is 2.32. The highest BCUT2D eigenvalue weighted by molar-refractivity contribution is 5.59. The third kappa shape index (κ3) is 2.97. The zero-order valence-corrected chi connectivity index (χ0v) is 11.0. The van der Waals surface area contributed by atoms with Crippen LogP contribution in [0.5, 0.6) is 5.88 Å². The van der Waals surface area contributed by atoms with E-state index in [9.17, 15) is 9.50 Å². The van der Waals surface area contributed by atoms with Gasteiger partial charge in [-0.05, 0) is 6.42 Å². The molecule has 0 aliphatic heterocycles. The molecule has 0 spiro atoms. The average Bonchev–Trinajstić information content (AvgIpc) is 2.48. The summed E-state index contributed by atoms with van der Waals surface area (Å²) in [6.45, 7) is 3.54. The Morgan fingerprint density at radius 3 is 2.75 bits per heavy atom. The number of hydrogen-bond donors (Lipinski definition) is 1. The Kier molecular flexibility index (Phi) is 4.37. The maximum Gasteiger partial charge on any atom is 0.213 e. The molecule has 2 heterocycles. The van der Waals surface area contributed by atoms with E-state index in [-0.39, 0.29) is 5.56 Å². The van der Waals surface area contributed by atoms with E-state index >= 15 is 0 Å². The van der Waals surface area contributed by atoms with Crippen molar-refractivity contribution in [3.05, 3.63) is 48.8 Å². The van der Waals surface area contributed by atoms with Gasteiger partial charge in [-0.2, -0.15) is 0 Å². The topological polar surface area (TPSA) is 68.1 Å². The smallest absolute Gasteiger partial charge is 0.213 e. The van der Waals surface area contributed by atoms with Crippen LogP contribution >= 0.6 is 0 Å². The van der Waals surface area contributed by atoms with Crippen LogP contribution in [0.1, 0.15) is 18.2 Å². The first-order chi connectivity index (χ1) is 9.65. The average molecular weight is 275 g/mol. The van der Waals surface area contributed by atoms with Crippen molar-refractivity contribution in [1.29, 1.82) is 0 Å². The highest BCUT2D eigenvalue weighted by Crippen LogP contribution is 2.24. The number of nitrogens with zero attached hydrogens (tertiary/aromatic N) is 3. The molecule has 0 aliphatic rings.